The van der Waals surface area contributed by atoms with E-state index in [2.05, 4.69) is 5.32 Å². The molecule has 1 fully saturated rings. The van der Waals surface area contributed by atoms with E-state index >= 15 is 0 Å². The molecule has 6 heteroatoms. The molecule has 1 aromatic carbocycles. The summed E-state index contributed by atoms with van der Waals surface area (Å²) in [6, 6.07) is 5.32. The van der Waals surface area contributed by atoms with Crippen LogP contribution in [0.1, 0.15) is 24.0 Å². The summed E-state index contributed by atoms with van der Waals surface area (Å²) >= 11 is 1.84. The Kier molecular flexibility index (Phi) is 4.25. The van der Waals surface area contributed by atoms with Crippen molar-refractivity contribution in [3.05, 3.63) is 29.3 Å². The molecule has 2 nitrogen and oxygen atoms in total. The van der Waals surface area contributed by atoms with Crippen molar-refractivity contribution in [2.24, 2.45) is 0 Å². The number of thioether (sulfide) groups is 1. The molecular weight excluding hydrogens is 273 g/mol. The number of nitriles is 1. The second-order valence-electron chi connectivity index (χ2n) is 4.39. The molecule has 0 amide bonds. The van der Waals surface area contributed by atoms with Gasteiger partial charge in [-0.25, -0.2) is 0 Å². The first-order valence-electron chi connectivity index (χ1n) is 5.97. The predicted octanol–water partition coefficient (Wildman–Crippen LogP) is 3.88. The summed E-state index contributed by atoms with van der Waals surface area (Å²) in [5.41, 5.74) is -0.800. The van der Waals surface area contributed by atoms with Gasteiger partial charge in [0.25, 0.3) is 0 Å². The number of benzene rings is 1. The molecule has 1 saturated heterocycles. The second kappa shape index (κ2) is 5.74. The van der Waals surface area contributed by atoms with Crippen LogP contribution in [0.4, 0.5) is 18.9 Å². The van der Waals surface area contributed by atoms with Gasteiger partial charge in [-0.05, 0) is 36.8 Å². The summed E-state index contributed by atoms with van der Waals surface area (Å²) in [6.07, 6.45) is -2.23. The van der Waals surface area contributed by atoms with Crippen LogP contribution in [0.25, 0.3) is 0 Å². The molecule has 1 aliphatic heterocycles. The summed E-state index contributed by atoms with van der Waals surface area (Å²) in [6.45, 7) is 0.661. The van der Waals surface area contributed by atoms with E-state index in [4.69, 9.17) is 5.26 Å². The molecule has 0 bridgehead atoms. The topological polar surface area (TPSA) is 35.8 Å². The highest BCUT2D eigenvalue weighted by Gasteiger charge is 2.33. The minimum Gasteiger partial charge on any atom is -0.384 e. The third kappa shape index (κ3) is 3.57. The van der Waals surface area contributed by atoms with E-state index in [0.29, 0.717) is 17.5 Å². The molecule has 0 aromatic heterocycles. The molecule has 2 rings (SSSR count). The fraction of sp³-hybridized carbons (Fsp3) is 0.462. The Bertz CT molecular complexity index is 488. The van der Waals surface area contributed by atoms with E-state index in [1.807, 2.05) is 11.8 Å². The van der Waals surface area contributed by atoms with Crippen LogP contribution in [-0.2, 0) is 6.18 Å². The van der Waals surface area contributed by atoms with Crippen LogP contribution in [0.2, 0.25) is 0 Å². The number of nitrogens with zero attached hydrogens (tertiary/aromatic N) is 1. The summed E-state index contributed by atoms with van der Waals surface area (Å²) < 4.78 is 38.3. The van der Waals surface area contributed by atoms with Crippen LogP contribution in [0.15, 0.2) is 18.2 Å². The molecular formula is C13H13F3N2S. The van der Waals surface area contributed by atoms with Crippen molar-refractivity contribution < 1.29 is 13.2 Å². The van der Waals surface area contributed by atoms with E-state index in [0.717, 1.165) is 24.7 Å². The van der Waals surface area contributed by atoms with Crippen LogP contribution < -0.4 is 5.32 Å². The van der Waals surface area contributed by atoms with Crippen molar-refractivity contribution in [2.45, 2.75) is 24.3 Å². The van der Waals surface area contributed by atoms with E-state index in [1.165, 1.54) is 12.1 Å². The first-order chi connectivity index (χ1) is 9.00. The van der Waals surface area contributed by atoms with Gasteiger partial charge in [-0.15, -0.1) is 0 Å². The number of nitrogens with one attached hydrogen (secondary N) is 1. The van der Waals surface area contributed by atoms with Crippen molar-refractivity contribution in [1.29, 1.82) is 5.26 Å². The summed E-state index contributed by atoms with van der Waals surface area (Å²) in [5.74, 6) is 1.12. The van der Waals surface area contributed by atoms with Gasteiger partial charge in [0.15, 0.2) is 0 Å². The van der Waals surface area contributed by atoms with Gasteiger partial charge in [0.1, 0.15) is 0 Å². The lowest BCUT2D eigenvalue weighted by Gasteiger charge is -2.14. The lowest BCUT2D eigenvalue weighted by Crippen LogP contribution is -2.15. The number of alkyl halides is 3. The number of hydrogen-bond donors (Lipinski definition) is 1. The van der Waals surface area contributed by atoms with Gasteiger partial charge in [-0.2, -0.15) is 30.2 Å². The van der Waals surface area contributed by atoms with Crippen LogP contribution >= 0.6 is 11.8 Å². The fourth-order valence-electron chi connectivity index (χ4n) is 2.02. The Labute approximate surface area is 114 Å². The molecule has 19 heavy (non-hydrogen) atoms. The average molecular weight is 286 g/mol. The molecule has 0 saturated carbocycles. The van der Waals surface area contributed by atoms with Crippen LogP contribution in [0.5, 0.6) is 0 Å². The zero-order chi connectivity index (χ0) is 13.9. The highest BCUT2D eigenvalue weighted by atomic mass is 32.2. The largest absolute Gasteiger partial charge is 0.417 e. The molecule has 1 unspecified atom stereocenters. The van der Waals surface area contributed by atoms with Crippen molar-refractivity contribution in [2.75, 3.05) is 17.6 Å². The molecule has 0 spiro atoms. The van der Waals surface area contributed by atoms with Gasteiger partial charge in [-0.3, -0.25) is 0 Å². The highest BCUT2D eigenvalue weighted by Crippen LogP contribution is 2.34. The Morgan fingerprint density at radius 2 is 2.21 bits per heavy atom. The summed E-state index contributed by atoms with van der Waals surface area (Å²) in [5, 5.41) is 12.2. The Morgan fingerprint density at radius 3 is 2.79 bits per heavy atom. The van der Waals surface area contributed by atoms with E-state index in [9.17, 15) is 13.2 Å². The van der Waals surface area contributed by atoms with Gasteiger partial charge in [0.05, 0.1) is 17.2 Å². The van der Waals surface area contributed by atoms with Crippen molar-refractivity contribution >= 4 is 17.4 Å². The van der Waals surface area contributed by atoms with Gasteiger partial charge >= 0.3 is 6.18 Å². The molecule has 1 aromatic rings. The maximum Gasteiger partial charge on any atom is 0.417 e. The van der Waals surface area contributed by atoms with Crippen molar-refractivity contribution in [1.82, 2.24) is 0 Å². The van der Waals surface area contributed by atoms with Gasteiger partial charge < -0.3 is 5.32 Å². The van der Waals surface area contributed by atoms with E-state index in [-0.39, 0.29) is 5.56 Å². The zero-order valence-electron chi connectivity index (χ0n) is 10.1. The maximum absolute atomic E-state index is 12.8. The Hall–Kier alpha value is -1.35. The second-order valence-corrected chi connectivity index (χ2v) is 5.79. The zero-order valence-corrected chi connectivity index (χ0v) is 10.9. The van der Waals surface area contributed by atoms with Crippen LogP contribution in [-0.4, -0.2) is 17.5 Å². The lowest BCUT2D eigenvalue weighted by atomic mass is 10.1. The highest BCUT2D eigenvalue weighted by molar-refractivity contribution is 8.00. The standard InChI is InChI=1S/C13H13F3N2S/c14-13(15,16)12-6-10(4-3-9(12)7-17)18-8-11-2-1-5-19-11/h3-4,6,11,18H,1-2,5,8H2. The number of hydrogen-bond acceptors (Lipinski definition) is 3. The SMILES string of the molecule is N#Cc1ccc(NCC2CCCS2)cc1C(F)(F)F. The lowest BCUT2D eigenvalue weighted by molar-refractivity contribution is -0.137. The maximum atomic E-state index is 12.8. The quantitative estimate of drug-likeness (QED) is 0.915. The molecule has 0 aliphatic carbocycles. The number of rotatable bonds is 3. The Balaban J connectivity index is 2.11. The molecule has 1 N–H and O–H groups in total. The molecule has 1 atom stereocenters. The van der Waals surface area contributed by atoms with Gasteiger partial charge in [-0.1, -0.05) is 0 Å². The normalized spacial score (nSPS) is 19.2. The minimum atomic E-state index is -4.50. The molecule has 1 heterocycles. The third-order valence-corrected chi connectivity index (χ3v) is 4.40. The molecule has 1 aliphatic rings. The number of halogens is 3. The van der Waals surface area contributed by atoms with Gasteiger partial charge in [0.2, 0.25) is 0 Å². The monoisotopic (exact) mass is 286 g/mol. The first kappa shape index (κ1) is 14.1. The van der Waals surface area contributed by atoms with Crippen molar-refractivity contribution in [3.63, 3.8) is 0 Å². The fourth-order valence-corrected chi connectivity index (χ4v) is 3.22. The van der Waals surface area contributed by atoms with Crippen molar-refractivity contribution in [3.8, 4) is 6.07 Å². The number of anilines is 1. The molecule has 0 radical (unpaired) electrons. The van der Waals surface area contributed by atoms with Gasteiger partial charge in [0, 0.05) is 17.5 Å². The summed E-state index contributed by atoms with van der Waals surface area (Å²) in [7, 11) is 0. The van der Waals surface area contributed by atoms with E-state index in [1.54, 1.807) is 6.07 Å². The predicted molar refractivity (Wildman–Crippen MR) is 70.1 cm³/mol. The summed E-state index contributed by atoms with van der Waals surface area (Å²) in [4.78, 5) is 0. The molecule has 102 valence electrons. The third-order valence-electron chi connectivity index (χ3n) is 3.00. The van der Waals surface area contributed by atoms with Crippen LogP contribution in [0, 0.1) is 11.3 Å². The Morgan fingerprint density at radius 1 is 1.42 bits per heavy atom. The average Bonchev–Trinajstić information content (AvgIpc) is 2.88. The van der Waals surface area contributed by atoms with E-state index < -0.39 is 11.7 Å². The minimum absolute atomic E-state index is 0.340. The van der Waals surface area contributed by atoms with Crippen LogP contribution in [0.3, 0.4) is 0 Å². The smallest absolute Gasteiger partial charge is 0.384 e. The first-order valence-corrected chi connectivity index (χ1v) is 7.02.